The topological polar surface area (TPSA) is 37.3 Å². The zero-order valence-corrected chi connectivity index (χ0v) is 6.89. The van der Waals surface area contributed by atoms with Crippen molar-refractivity contribution in [2.75, 3.05) is 0 Å². The zero-order valence-electron chi connectivity index (χ0n) is 6.89. The van der Waals surface area contributed by atoms with Gasteiger partial charge < -0.3 is 5.11 Å². The first-order valence-electron chi connectivity index (χ1n) is 3.52. The first-order valence-corrected chi connectivity index (χ1v) is 3.52. The molecule has 0 unspecified atom stereocenters. The monoisotopic (exact) mass is 166 g/mol. The Morgan fingerprint density at radius 2 is 2.17 bits per heavy atom. The van der Waals surface area contributed by atoms with E-state index in [2.05, 4.69) is 0 Å². The maximum absolute atomic E-state index is 12.8. The molecule has 4 heteroatoms. The number of phenolic OH excluding ortho intramolecular Hbond substituents is 1. The lowest BCUT2D eigenvalue weighted by Gasteiger charge is -2.02. The van der Waals surface area contributed by atoms with Crippen LogP contribution in [0.1, 0.15) is 17.3 Å². The fourth-order valence-electron chi connectivity index (χ4n) is 0.953. The van der Waals surface area contributed by atoms with Gasteiger partial charge in [-0.2, -0.15) is 0 Å². The highest BCUT2D eigenvalue weighted by Gasteiger charge is 2.09. The summed E-state index contributed by atoms with van der Waals surface area (Å²) in [6.07, 6.45) is 0. The van der Waals surface area contributed by atoms with Gasteiger partial charge in [0.15, 0.2) is 5.78 Å². The number of carbonyl (C=O) groups is 1. The predicted molar refractivity (Wildman–Crippen MR) is 46.2 cm³/mol. The summed E-state index contributed by atoms with van der Waals surface area (Å²) in [5.41, 5.74) is 0.520. The summed E-state index contributed by atoms with van der Waals surface area (Å²) >= 11 is 0. The van der Waals surface area contributed by atoms with Gasteiger partial charge in [-0.25, -0.2) is 4.39 Å². The zero-order chi connectivity index (χ0) is 9.30. The lowest BCUT2D eigenvalue weighted by Crippen LogP contribution is -2.10. The fraction of sp³-hybridized carbons (Fsp3) is 0.125. The van der Waals surface area contributed by atoms with Crippen LogP contribution in [-0.2, 0) is 0 Å². The molecule has 0 aromatic heterocycles. The van der Waals surface area contributed by atoms with Gasteiger partial charge in [-0.05, 0) is 6.92 Å². The second kappa shape index (κ2) is 2.97. The molecule has 1 aromatic rings. The van der Waals surface area contributed by atoms with Crippen molar-refractivity contribution in [2.24, 2.45) is 0 Å². The first kappa shape index (κ1) is 8.78. The second-order valence-electron chi connectivity index (χ2n) is 2.67. The van der Waals surface area contributed by atoms with Crippen LogP contribution in [0, 0.1) is 5.82 Å². The number of halogens is 1. The maximum atomic E-state index is 12.8. The summed E-state index contributed by atoms with van der Waals surface area (Å²) in [6, 6.07) is 2.29. The minimum absolute atomic E-state index is 0.161. The molecule has 0 fully saturated rings. The summed E-state index contributed by atoms with van der Waals surface area (Å²) in [5, 5.41) is 9.13. The molecule has 0 saturated carbocycles. The van der Waals surface area contributed by atoms with Crippen LogP contribution in [0.4, 0.5) is 4.39 Å². The third-order valence-electron chi connectivity index (χ3n) is 1.66. The third-order valence-corrected chi connectivity index (χ3v) is 1.66. The molecule has 0 spiro atoms. The Kier molecular flexibility index (Phi) is 2.17. The van der Waals surface area contributed by atoms with Crippen molar-refractivity contribution in [3.63, 3.8) is 0 Å². The molecule has 2 nitrogen and oxygen atoms in total. The number of carbonyl (C=O) groups excluding carboxylic acids is 1. The molecule has 0 amide bonds. The normalized spacial score (nSPS) is 9.83. The highest BCUT2D eigenvalue weighted by Crippen LogP contribution is 2.16. The Labute approximate surface area is 70.4 Å². The molecular weight excluding hydrogens is 158 g/mol. The van der Waals surface area contributed by atoms with Gasteiger partial charge in [-0.3, -0.25) is 4.79 Å². The van der Waals surface area contributed by atoms with Crippen LogP contribution in [0.25, 0.3) is 0 Å². The van der Waals surface area contributed by atoms with E-state index < -0.39 is 5.82 Å². The van der Waals surface area contributed by atoms with Gasteiger partial charge in [-0.1, -0.05) is 11.5 Å². The van der Waals surface area contributed by atoms with Gasteiger partial charge in [0, 0.05) is 6.07 Å². The van der Waals surface area contributed by atoms with Gasteiger partial charge in [0.2, 0.25) is 0 Å². The molecule has 0 aliphatic carbocycles. The van der Waals surface area contributed by atoms with E-state index in [-0.39, 0.29) is 17.1 Å². The molecule has 12 heavy (non-hydrogen) atoms. The van der Waals surface area contributed by atoms with E-state index in [9.17, 15) is 9.18 Å². The SMILES string of the molecule is Bc1cc(C(C)=O)c(O)cc1F. The van der Waals surface area contributed by atoms with Crippen molar-refractivity contribution >= 4 is 19.1 Å². The first-order chi connectivity index (χ1) is 5.52. The molecule has 0 aliphatic heterocycles. The van der Waals surface area contributed by atoms with E-state index in [0.717, 1.165) is 6.07 Å². The Morgan fingerprint density at radius 1 is 1.58 bits per heavy atom. The molecule has 1 rings (SSSR count). The molecule has 1 aromatic carbocycles. The average Bonchev–Trinajstić information content (AvgIpc) is 1.96. The molecule has 0 atom stereocenters. The van der Waals surface area contributed by atoms with E-state index in [1.807, 2.05) is 0 Å². The van der Waals surface area contributed by atoms with Gasteiger partial charge in [0.25, 0.3) is 0 Å². The van der Waals surface area contributed by atoms with Crippen LogP contribution in [0.2, 0.25) is 0 Å². The highest BCUT2D eigenvalue weighted by atomic mass is 19.1. The molecule has 1 N–H and O–H groups in total. The van der Waals surface area contributed by atoms with Crippen molar-refractivity contribution in [3.8, 4) is 5.75 Å². The number of aromatic hydroxyl groups is 1. The molecule has 0 aliphatic rings. The number of Topliss-reactive ketones (excluding diaryl/α,β-unsaturated/α-hetero) is 1. The average molecular weight is 166 g/mol. The maximum Gasteiger partial charge on any atom is 0.163 e. The molecule has 0 bridgehead atoms. The van der Waals surface area contributed by atoms with Gasteiger partial charge in [0.05, 0.1) is 5.56 Å². The lowest BCUT2D eigenvalue weighted by molar-refractivity contribution is 0.101. The van der Waals surface area contributed by atoms with Crippen LogP contribution in [0.15, 0.2) is 12.1 Å². The smallest absolute Gasteiger partial charge is 0.163 e. The quantitative estimate of drug-likeness (QED) is 0.470. The molecular formula is C8H8BFO2. The Bertz CT molecular complexity index is 336. The highest BCUT2D eigenvalue weighted by molar-refractivity contribution is 6.33. The van der Waals surface area contributed by atoms with Crippen molar-refractivity contribution in [1.29, 1.82) is 0 Å². The molecule has 0 heterocycles. The number of hydrogen-bond acceptors (Lipinski definition) is 2. The van der Waals surface area contributed by atoms with Crippen LogP contribution in [0.3, 0.4) is 0 Å². The number of benzene rings is 1. The minimum atomic E-state index is -0.502. The van der Waals surface area contributed by atoms with E-state index >= 15 is 0 Å². The Morgan fingerprint density at radius 3 is 2.67 bits per heavy atom. The van der Waals surface area contributed by atoms with E-state index in [1.54, 1.807) is 7.85 Å². The third kappa shape index (κ3) is 1.47. The number of hydrogen-bond donors (Lipinski definition) is 1. The van der Waals surface area contributed by atoms with Gasteiger partial charge in [0.1, 0.15) is 19.4 Å². The standard InChI is InChI=1S/C8H8BFO2/c1-4(11)5-2-6(9)7(10)3-8(5)12/h2-3,12H,9H2,1H3. The summed E-state index contributed by atoms with van der Waals surface area (Å²) in [7, 11) is 1.54. The summed E-state index contributed by atoms with van der Waals surface area (Å²) in [6.45, 7) is 1.33. The Hall–Kier alpha value is -1.32. The molecule has 0 saturated heterocycles. The fourth-order valence-corrected chi connectivity index (χ4v) is 0.953. The van der Waals surface area contributed by atoms with Crippen molar-refractivity contribution in [2.45, 2.75) is 6.92 Å². The lowest BCUT2D eigenvalue weighted by atomic mass is 9.92. The van der Waals surface area contributed by atoms with Crippen LogP contribution in [0.5, 0.6) is 5.75 Å². The summed E-state index contributed by atoms with van der Waals surface area (Å²) < 4.78 is 12.8. The van der Waals surface area contributed by atoms with Crippen LogP contribution >= 0.6 is 0 Å². The number of ketones is 1. The summed E-state index contributed by atoms with van der Waals surface area (Å²) in [5.74, 6) is -1.07. The second-order valence-corrected chi connectivity index (χ2v) is 2.67. The van der Waals surface area contributed by atoms with Crippen LogP contribution < -0.4 is 5.46 Å². The Balaban J connectivity index is 3.33. The van der Waals surface area contributed by atoms with Crippen LogP contribution in [-0.4, -0.2) is 18.7 Å². The van der Waals surface area contributed by atoms with E-state index in [4.69, 9.17) is 5.11 Å². The largest absolute Gasteiger partial charge is 0.507 e. The van der Waals surface area contributed by atoms with Crippen molar-refractivity contribution < 1.29 is 14.3 Å². The van der Waals surface area contributed by atoms with E-state index in [0.29, 0.717) is 5.46 Å². The predicted octanol–water partition coefficient (Wildman–Crippen LogP) is -0.00770. The number of rotatable bonds is 1. The van der Waals surface area contributed by atoms with Crippen molar-refractivity contribution in [3.05, 3.63) is 23.5 Å². The summed E-state index contributed by atoms with van der Waals surface area (Å²) in [4.78, 5) is 10.8. The van der Waals surface area contributed by atoms with Gasteiger partial charge in [-0.15, -0.1) is 0 Å². The number of phenols is 1. The van der Waals surface area contributed by atoms with Gasteiger partial charge >= 0.3 is 0 Å². The molecule has 62 valence electrons. The van der Waals surface area contributed by atoms with Crippen molar-refractivity contribution in [1.82, 2.24) is 0 Å². The molecule has 0 radical (unpaired) electrons. The minimum Gasteiger partial charge on any atom is -0.507 e. The van der Waals surface area contributed by atoms with E-state index in [1.165, 1.54) is 13.0 Å².